The van der Waals surface area contributed by atoms with Crippen molar-refractivity contribution in [2.45, 2.75) is 19.5 Å². The van der Waals surface area contributed by atoms with Gasteiger partial charge in [0.05, 0.1) is 0 Å². The van der Waals surface area contributed by atoms with E-state index in [0.29, 0.717) is 6.04 Å². The van der Waals surface area contributed by atoms with Crippen LogP contribution in [0, 0.1) is 11.3 Å². The predicted molar refractivity (Wildman–Crippen MR) is 72.4 cm³/mol. The summed E-state index contributed by atoms with van der Waals surface area (Å²) in [4.78, 5) is 2.18. The molecule has 1 aromatic carbocycles. The number of ether oxygens (including phenoxy) is 1. The Morgan fingerprint density at radius 2 is 2.22 bits per heavy atom. The second-order valence-electron chi connectivity index (χ2n) is 4.54. The van der Waals surface area contributed by atoms with Crippen LogP contribution in [0.1, 0.15) is 12.5 Å². The van der Waals surface area contributed by atoms with Crippen molar-refractivity contribution in [3.05, 3.63) is 29.8 Å². The number of nitrogens with zero attached hydrogens (tertiary/aromatic N) is 2. The van der Waals surface area contributed by atoms with Crippen molar-refractivity contribution in [3.63, 3.8) is 0 Å². The first kappa shape index (κ1) is 14.5. The van der Waals surface area contributed by atoms with Crippen LogP contribution < -0.4 is 10.1 Å². The van der Waals surface area contributed by atoms with Gasteiger partial charge in [-0.15, -0.1) is 0 Å². The fourth-order valence-corrected chi connectivity index (χ4v) is 1.47. The average Bonchev–Trinajstić information content (AvgIpc) is 2.36. The Balaban J connectivity index is 2.40. The summed E-state index contributed by atoms with van der Waals surface area (Å²) in [6, 6.07) is 10.3. The summed E-state index contributed by atoms with van der Waals surface area (Å²) in [6.45, 7) is 4.02. The van der Waals surface area contributed by atoms with Gasteiger partial charge in [0, 0.05) is 19.1 Å². The molecular formula is C14H21N3O. The zero-order valence-electron chi connectivity index (χ0n) is 11.3. The first-order valence-corrected chi connectivity index (χ1v) is 6.09. The summed E-state index contributed by atoms with van der Waals surface area (Å²) >= 11 is 0. The quantitative estimate of drug-likeness (QED) is 0.795. The van der Waals surface area contributed by atoms with Crippen LogP contribution >= 0.6 is 0 Å². The van der Waals surface area contributed by atoms with E-state index in [0.717, 1.165) is 24.4 Å². The highest BCUT2D eigenvalue weighted by Crippen LogP contribution is 2.12. The van der Waals surface area contributed by atoms with E-state index in [9.17, 15) is 0 Å². The highest BCUT2D eigenvalue weighted by Gasteiger charge is 2.03. The second-order valence-corrected chi connectivity index (χ2v) is 4.54. The summed E-state index contributed by atoms with van der Waals surface area (Å²) in [5, 5.41) is 11.9. The molecule has 0 aliphatic rings. The zero-order valence-corrected chi connectivity index (χ0v) is 11.3. The van der Waals surface area contributed by atoms with Gasteiger partial charge in [0.2, 0.25) is 0 Å². The van der Waals surface area contributed by atoms with Gasteiger partial charge < -0.3 is 15.0 Å². The van der Waals surface area contributed by atoms with Gasteiger partial charge >= 0.3 is 0 Å². The van der Waals surface area contributed by atoms with Crippen LogP contribution in [0.2, 0.25) is 0 Å². The van der Waals surface area contributed by atoms with Crippen molar-refractivity contribution in [3.8, 4) is 11.8 Å². The molecule has 0 fully saturated rings. The van der Waals surface area contributed by atoms with E-state index >= 15 is 0 Å². The lowest BCUT2D eigenvalue weighted by molar-refractivity contribution is 0.302. The Hall–Kier alpha value is -1.57. The van der Waals surface area contributed by atoms with Gasteiger partial charge in [-0.1, -0.05) is 12.1 Å². The normalized spacial score (nSPS) is 12.2. The number of nitriles is 1. The molecule has 1 atom stereocenters. The largest absolute Gasteiger partial charge is 0.479 e. The maximum atomic E-state index is 8.46. The third-order valence-electron chi connectivity index (χ3n) is 2.85. The van der Waals surface area contributed by atoms with Gasteiger partial charge in [0.1, 0.15) is 11.8 Å². The van der Waals surface area contributed by atoms with Crippen molar-refractivity contribution in [2.24, 2.45) is 0 Å². The molecule has 4 heteroatoms. The molecule has 1 rings (SSSR count). The fourth-order valence-electron chi connectivity index (χ4n) is 1.47. The Morgan fingerprint density at radius 3 is 2.89 bits per heavy atom. The summed E-state index contributed by atoms with van der Waals surface area (Å²) in [7, 11) is 4.14. The second kappa shape index (κ2) is 7.70. The number of hydrogen-bond acceptors (Lipinski definition) is 4. The van der Waals surface area contributed by atoms with Crippen molar-refractivity contribution in [2.75, 3.05) is 27.2 Å². The molecule has 0 aromatic heterocycles. The third-order valence-corrected chi connectivity index (χ3v) is 2.85. The minimum atomic E-state index is 0.0918. The smallest absolute Gasteiger partial charge is 0.174 e. The maximum Gasteiger partial charge on any atom is 0.174 e. The Labute approximate surface area is 109 Å². The molecule has 0 aliphatic carbocycles. The molecule has 0 saturated heterocycles. The maximum absolute atomic E-state index is 8.46. The van der Waals surface area contributed by atoms with Crippen molar-refractivity contribution in [1.29, 1.82) is 5.26 Å². The molecule has 98 valence electrons. The SMILES string of the molecule is CC(CNCc1cccc(OCC#N)c1)N(C)C. The minimum absolute atomic E-state index is 0.0918. The summed E-state index contributed by atoms with van der Waals surface area (Å²) in [5.41, 5.74) is 1.16. The molecule has 0 heterocycles. The van der Waals surface area contributed by atoms with Gasteiger partial charge in [-0.3, -0.25) is 0 Å². The first-order valence-electron chi connectivity index (χ1n) is 6.09. The number of likely N-dealkylation sites (N-methyl/N-ethyl adjacent to an activating group) is 1. The number of benzene rings is 1. The molecule has 1 unspecified atom stereocenters. The molecule has 1 N–H and O–H groups in total. The fraction of sp³-hybridized carbons (Fsp3) is 0.500. The molecule has 0 bridgehead atoms. The molecule has 18 heavy (non-hydrogen) atoms. The van der Waals surface area contributed by atoms with Crippen LogP contribution in [0.4, 0.5) is 0 Å². The molecule has 0 amide bonds. The molecular weight excluding hydrogens is 226 g/mol. The highest BCUT2D eigenvalue weighted by atomic mass is 16.5. The van der Waals surface area contributed by atoms with Crippen LogP contribution in [-0.2, 0) is 6.54 Å². The van der Waals surface area contributed by atoms with Crippen LogP contribution in [0.5, 0.6) is 5.75 Å². The minimum Gasteiger partial charge on any atom is -0.479 e. The number of rotatable bonds is 7. The number of nitrogens with one attached hydrogen (secondary N) is 1. The van der Waals surface area contributed by atoms with E-state index in [1.165, 1.54) is 0 Å². The van der Waals surface area contributed by atoms with Gasteiger partial charge in [-0.05, 0) is 38.7 Å². The van der Waals surface area contributed by atoms with E-state index in [4.69, 9.17) is 10.00 Å². The van der Waals surface area contributed by atoms with Crippen LogP contribution in [0.15, 0.2) is 24.3 Å². The highest BCUT2D eigenvalue weighted by molar-refractivity contribution is 5.28. The standard InChI is InChI=1S/C14H21N3O/c1-12(17(2)3)10-16-11-13-5-4-6-14(9-13)18-8-7-15/h4-6,9,12,16H,8,10-11H2,1-3H3. The van der Waals surface area contributed by atoms with E-state index in [1.54, 1.807) is 0 Å². The lowest BCUT2D eigenvalue weighted by Gasteiger charge is -2.20. The van der Waals surface area contributed by atoms with E-state index < -0.39 is 0 Å². The molecule has 0 spiro atoms. The van der Waals surface area contributed by atoms with Crippen LogP contribution in [0.3, 0.4) is 0 Å². The zero-order chi connectivity index (χ0) is 13.4. The Morgan fingerprint density at radius 1 is 1.44 bits per heavy atom. The topological polar surface area (TPSA) is 48.3 Å². The Bertz CT molecular complexity index is 398. The van der Waals surface area contributed by atoms with E-state index in [-0.39, 0.29) is 6.61 Å². The Kier molecular flexibility index (Phi) is 6.20. The van der Waals surface area contributed by atoms with Crippen LogP contribution in [0.25, 0.3) is 0 Å². The molecule has 0 saturated carbocycles. The summed E-state index contributed by atoms with van der Waals surface area (Å²) in [6.07, 6.45) is 0. The lowest BCUT2D eigenvalue weighted by Crippen LogP contribution is -2.35. The predicted octanol–water partition coefficient (Wildman–Crippen LogP) is 1.63. The van der Waals surface area contributed by atoms with Gasteiger partial charge in [-0.2, -0.15) is 5.26 Å². The third kappa shape index (κ3) is 5.17. The van der Waals surface area contributed by atoms with Crippen LogP contribution in [-0.4, -0.2) is 38.2 Å². The summed E-state index contributed by atoms with van der Waals surface area (Å²) < 4.78 is 5.26. The molecule has 1 aromatic rings. The van der Waals surface area contributed by atoms with E-state index in [2.05, 4.69) is 31.2 Å². The van der Waals surface area contributed by atoms with Gasteiger partial charge in [0.15, 0.2) is 6.61 Å². The van der Waals surface area contributed by atoms with E-state index in [1.807, 2.05) is 30.3 Å². The first-order chi connectivity index (χ1) is 8.63. The lowest BCUT2D eigenvalue weighted by atomic mass is 10.2. The number of hydrogen-bond donors (Lipinski definition) is 1. The van der Waals surface area contributed by atoms with Crippen molar-refractivity contribution < 1.29 is 4.74 Å². The molecule has 0 radical (unpaired) electrons. The molecule has 4 nitrogen and oxygen atoms in total. The average molecular weight is 247 g/mol. The molecule has 0 aliphatic heterocycles. The summed E-state index contributed by atoms with van der Waals surface area (Å²) in [5.74, 6) is 0.747. The van der Waals surface area contributed by atoms with Gasteiger partial charge in [0.25, 0.3) is 0 Å². The van der Waals surface area contributed by atoms with Crippen molar-refractivity contribution in [1.82, 2.24) is 10.2 Å². The monoisotopic (exact) mass is 247 g/mol. The van der Waals surface area contributed by atoms with Crippen molar-refractivity contribution >= 4 is 0 Å². The van der Waals surface area contributed by atoms with Gasteiger partial charge in [-0.25, -0.2) is 0 Å².